The summed E-state index contributed by atoms with van der Waals surface area (Å²) in [6, 6.07) is 10.4. The second kappa shape index (κ2) is 11.1. The zero-order valence-corrected chi connectivity index (χ0v) is 17.7. The summed E-state index contributed by atoms with van der Waals surface area (Å²) in [6.07, 6.45) is 5.71. The van der Waals surface area contributed by atoms with Crippen molar-refractivity contribution in [3.63, 3.8) is 0 Å². The average molecular weight is 429 g/mol. The van der Waals surface area contributed by atoms with E-state index in [4.69, 9.17) is 23.2 Å². The molecule has 1 aliphatic rings. The second-order valence-corrected chi connectivity index (χ2v) is 7.73. The lowest BCUT2D eigenvalue weighted by atomic mass is 9.98. The van der Waals surface area contributed by atoms with Crippen LogP contribution in [0.25, 0.3) is 11.1 Å². The number of rotatable bonds is 7. The van der Waals surface area contributed by atoms with Gasteiger partial charge in [-0.15, -0.1) is 0 Å². The molecule has 1 aliphatic heterocycles. The summed E-state index contributed by atoms with van der Waals surface area (Å²) < 4.78 is 0. The Labute approximate surface area is 182 Å². The normalized spacial score (nSPS) is 18.1. The lowest BCUT2D eigenvalue weighted by Crippen LogP contribution is -2.36. The van der Waals surface area contributed by atoms with Crippen molar-refractivity contribution in [1.82, 2.24) is 15.3 Å². The molecule has 1 aromatic heterocycles. The van der Waals surface area contributed by atoms with Gasteiger partial charge in [0.25, 0.3) is 0 Å². The molecule has 160 valence electrons. The number of aliphatic hydroxyl groups excluding tert-OH is 1. The van der Waals surface area contributed by atoms with E-state index in [9.17, 15) is 5.11 Å². The molecule has 30 heavy (non-hydrogen) atoms. The summed E-state index contributed by atoms with van der Waals surface area (Å²) in [7, 11) is 0. The zero-order chi connectivity index (χ0) is 21.3. The van der Waals surface area contributed by atoms with Gasteiger partial charge in [-0.2, -0.15) is 0 Å². The van der Waals surface area contributed by atoms with Crippen LogP contribution in [0.1, 0.15) is 24.0 Å². The van der Waals surface area contributed by atoms with Crippen LogP contribution in [0.3, 0.4) is 0 Å². The molecule has 0 saturated carbocycles. The van der Waals surface area contributed by atoms with Crippen LogP contribution in [0.4, 0.5) is 5.82 Å². The van der Waals surface area contributed by atoms with Crippen LogP contribution < -0.4 is 17.0 Å². The molecule has 0 spiro atoms. The molecular formula is C22H29ClN6O. The SMILES string of the molecule is NNC(=NC/C=C/Cl)c1cc(-c2ccc(CN3CCCC(CO)C3)cc2)cnc1N. The molecule has 3 rings (SSSR count). The molecule has 1 fully saturated rings. The maximum atomic E-state index is 9.43. The van der Waals surface area contributed by atoms with E-state index in [0.29, 0.717) is 29.7 Å². The van der Waals surface area contributed by atoms with E-state index in [2.05, 4.69) is 44.6 Å². The third kappa shape index (κ3) is 5.79. The van der Waals surface area contributed by atoms with E-state index in [1.165, 1.54) is 11.1 Å². The Balaban J connectivity index is 1.75. The van der Waals surface area contributed by atoms with Gasteiger partial charge < -0.3 is 16.3 Å². The Morgan fingerprint density at radius 2 is 2.13 bits per heavy atom. The molecule has 1 atom stereocenters. The maximum absolute atomic E-state index is 9.43. The van der Waals surface area contributed by atoms with Gasteiger partial charge in [-0.1, -0.05) is 41.9 Å². The Morgan fingerprint density at radius 1 is 1.33 bits per heavy atom. The highest BCUT2D eigenvalue weighted by Gasteiger charge is 2.19. The Bertz CT molecular complexity index is 884. The van der Waals surface area contributed by atoms with E-state index < -0.39 is 0 Å². The molecule has 1 saturated heterocycles. The molecule has 2 aromatic rings. The largest absolute Gasteiger partial charge is 0.396 e. The zero-order valence-electron chi connectivity index (χ0n) is 17.0. The number of nitrogens with one attached hydrogen (secondary N) is 1. The van der Waals surface area contributed by atoms with Crippen LogP contribution in [-0.2, 0) is 6.54 Å². The number of hydrogen-bond donors (Lipinski definition) is 4. The van der Waals surface area contributed by atoms with Gasteiger partial charge in [-0.05, 0) is 42.5 Å². The summed E-state index contributed by atoms with van der Waals surface area (Å²) in [5, 5.41) is 9.43. The van der Waals surface area contributed by atoms with Gasteiger partial charge >= 0.3 is 0 Å². The van der Waals surface area contributed by atoms with Crippen molar-refractivity contribution >= 4 is 23.3 Å². The monoisotopic (exact) mass is 428 g/mol. The van der Waals surface area contributed by atoms with Crippen molar-refractivity contribution in [3.8, 4) is 11.1 Å². The number of aliphatic imine (C=N–C) groups is 1. The molecule has 2 heterocycles. The quantitative estimate of drug-likeness (QED) is 0.233. The third-order valence-corrected chi connectivity index (χ3v) is 5.49. The Kier molecular flexibility index (Phi) is 8.21. The van der Waals surface area contributed by atoms with Gasteiger partial charge in [-0.25, -0.2) is 10.8 Å². The smallest absolute Gasteiger partial charge is 0.146 e. The molecule has 0 aliphatic carbocycles. The predicted molar refractivity (Wildman–Crippen MR) is 123 cm³/mol. The first-order valence-corrected chi connectivity index (χ1v) is 10.5. The number of nitrogens with two attached hydrogens (primary N) is 2. The number of benzene rings is 1. The van der Waals surface area contributed by atoms with Crippen LogP contribution in [-0.4, -0.2) is 47.1 Å². The standard InChI is InChI=1S/C22H29ClN6O/c23-8-2-9-26-22(28-25)20-11-19(12-27-21(20)24)18-6-4-16(5-7-18)13-29-10-1-3-17(14-29)15-30/h2,4-8,11-12,17,30H,1,3,9-10,13-15,25H2,(H2,24,27)(H,26,28)/b8-2+. The fourth-order valence-electron chi connectivity index (χ4n) is 3.72. The van der Waals surface area contributed by atoms with Crippen molar-refractivity contribution in [1.29, 1.82) is 0 Å². The summed E-state index contributed by atoms with van der Waals surface area (Å²) in [4.78, 5) is 11.1. The van der Waals surface area contributed by atoms with Gasteiger partial charge in [0.05, 0.1) is 12.1 Å². The predicted octanol–water partition coefficient (Wildman–Crippen LogP) is 2.50. The fourth-order valence-corrected chi connectivity index (χ4v) is 3.80. The summed E-state index contributed by atoms with van der Waals surface area (Å²) >= 11 is 5.55. The third-order valence-electron chi connectivity index (χ3n) is 5.31. The van der Waals surface area contributed by atoms with Crippen molar-refractivity contribution in [2.45, 2.75) is 19.4 Å². The number of pyridine rings is 1. The molecule has 1 unspecified atom stereocenters. The number of aliphatic hydroxyl groups is 1. The van der Waals surface area contributed by atoms with E-state index in [1.54, 1.807) is 12.3 Å². The lowest BCUT2D eigenvalue weighted by Gasteiger charge is -2.31. The maximum Gasteiger partial charge on any atom is 0.146 e. The number of piperidine rings is 1. The Morgan fingerprint density at radius 3 is 2.83 bits per heavy atom. The fraction of sp³-hybridized carbons (Fsp3) is 0.364. The van der Waals surface area contributed by atoms with E-state index >= 15 is 0 Å². The summed E-state index contributed by atoms with van der Waals surface area (Å²) in [6.45, 7) is 3.58. The van der Waals surface area contributed by atoms with Gasteiger partial charge in [0.2, 0.25) is 0 Å². The summed E-state index contributed by atoms with van der Waals surface area (Å²) in [5.74, 6) is 6.83. The highest BCUT2D eigenvalue weighted by atomic mass is 35.5. The van der Waals surface area contributed by atoms with Crippen LogP contribution in [0.5, 0.6) is 0 Å². The van der Waals surface area contributed by atoms with Crippen LogP contribution in [0.15, 0.2) is 53.1 Å². The number of hydrogen-bond acceptors (Lipinski definition) is 6. The van der Waals surface area contributed by atoms with Crippen LogP contribution >= 0.6 is 11.6 Å². The van der Waals surface area contributed by atoms with E-state index in [-0.39, 0.29) is 6.61 Å². The number of halogens is 1. The first-order chi connectivity index (χ1) is 14.6. The molecule has 1 aromatic carbocycles. The van der Waals surface area contributed by atoms with Crippen molar-refractivity contribution < 1.29 is 5.11 Å². The van der Waals surface area contributed by atoms with Crippen LogP contribution in [0, 0.1) is 5.92 Å². The number of likely N-dealkylation sites (tertiary alicyclic amines) is 1. The Hall–Kier alpha value is -2.45. The number of hydrazine groups is 1. The van der Waals surface area contributed by atoms with Gasteiger partial charge in [-0.3, -0.25) is 9.89 Å². The lowest BCUT2D eigenvalue weighted by molar-refractivity contribution is 0.116. The minimum absolute atomic E-state index is 0.271. The molecule has 6 N–H and O–H groups in total. The highest BCUT2D eigenvalue weighted by molar-refractivity contribution is 6.25. The second-order valence-electron chi connectivity index (χ2n) is 7.47. The number of amidine groups is 1. The summed E-state index contributed by atoms with van der Waals surface area (Å²) in [5.41, 5.74) is 13.9. The number of anilines is 1. The molecular weight excluding hydrogens is 400 g/mol. The minimum atomic E-state index is 0.271. The molecule has 0 bridgehead atoms. The molecule has 0 radical (unpaired) electrons. The minimum Gasteiger partial charge on any atom is -0.396 e. The van der Waals surface area contributed by atoms with Gasteiger partial charge in [0, 0.05) is 37.0 Å². The molecule has 8 heteroatoms. The van der Waals surface area contributed by atoms with Crippen molar-refractivity contribution in [2.24, 2.45) is 16.8 Å². The molecule has 7 nitrogen and oxygen atoms in total. The number of aromatic nitrogens is 1. The highest BCUT2D eigenvalue weighted by Crippen LogP contribution is 2.24. The van der Waals surface area contributed by atoms with Crippen LogP contribution in [0.2, 0.25) is 0 Å². The molecule has 0 amide bonds. The first kappa shape index (κ1) is 22.2. The van der Waals surface area contributed by atoms with Gasteiger partial charge in [0.15, 0.2) is 0 Å². The van der Waals surface area contributed by atoms with E-state index in [0.717, 1.165) is 43.6 Å². The number of nitrogen functional groups attached to an aromatic ring is 1. The van der Waals surface area contributed by atoms with Crippen molar-refractivity contribution in [2.75, 3.05) is 32.0 Å². The topological polar surface area (TPSA) is 113 Å². The average Bonchev–Trinajstić information content (AvgIpc) is 2.78. The number of nitrogens with zero attached hydrogens (tertiary/aromatic N) is 3. The van der Waals surface area contributed by atoms with Gasteiger partial charge in [0.1, 0.15) is 11.7 Å². The van der Waals surface area contributed by atoms with E-state index in [1.807, 2.05) is 6.07 Å². The first-order valence-electron chi connectivity index (χ1n) is 10.1. The van der Waals surface area contributed by atoms with Crippen molar-refractivity contribution in [3.05, 3.63) is 59.3 Å².